The van der Waals surface area contributed by atoms with Crippen LogP contribution in [-0.4, -0.2) is 40.6 Å². The summed E-state index contributed by atoms with van der Waals surface area (Å²) in [7, 11) is 0. The van der Waals surface area contributed by atoms with Crippen LogP contribution in [0.3, 0.4) is 0 Å². The Morgan fingerprint density at radius 3 is 2.96 bits per heavy atom. The molecule has 2 aromatic heterocycles. The molecule has 0 unspecified atom stereocenters. The molecule has 0 saturated carbocycles. The lowest BCUT2D eigenvalue weighted by Gasteiger charge is -2.07. The van der Waals surface area contributed by atoms with Crippen LogP contribution in [0.1, 0.15) is 27.8 Å². The number of nitrogens with two attached hydrogens (primary N) is 1. The number of ether oxygens (including phenoxy) is 1. The van der Waals surface area contributed by atoms with Gasteiger partial charge >= 0.3 is 5.97 Å². The van der Waals surface area contributed by atoms with Crippen molar-refractivity contribution in [2.45, 2.75) is 6.92 Å². The second-order valence-corrected chi connectivity index (χ2v) is 4.55. The fraction of sp³-hybridized carbons (Fsp3) is 0.200. The van der Waals surface area contributed by atoms with Gasteiger partial charge in [0.2, 0.25) is 0 Å². The van der Waals surface area contributed by atoms with E-state index >= 15 is 0 Å². The minimum Gasteiger partial charge on any atom is -0.461 e. The van der Waals surface area contributed by atoms with E-state index in [1.165, 1.54) is 16.8 Å². The summed E-state index contributed by atoms with van der Waals surface area (Å²) in [6, 6.07) is 3.24. The average Bonchev–Trinajstić information content (AvgIpc) is 2.99. The predicted octanol–water partition coefficient (Wildman–Crippen LogP) is 0.733. The molecule has 0 aliphatic carbocycles. The summed E-state index contributed by atoms with van der Waals surface area (Å²) >= 11 is 0. The van der Waals surface area contributed by atoms with Crippen LogP contribution in [0.4, 0.5) is 0 Å². The third kappa shape index (κ3) is 3.37. The van der Waals surface area contributed by atoms with Crippen molar-refractivity contribution in [2.75, 3.05) is 13.2 Å². The van der Waals surface area contributed by atoms with E-state index in [1.807, 2.05) is 0 Å². The molecule has 1 amide bonds. The molecule has 2 rings (SSSR count). The number of aromatic nitrogens is 2. The van der Waals surface area contributed by atoms with Crippen molar-refractivity contribution in [1.29, 1.82) is 5.41 Å². The molecular formula is C15H17N5O3. The van der Waals surface area contributed by atoms with Gasteiger partial charge in [-0.05, 0) is 19.1 Å². The summed E-state index contributed by atoms with van der Waals surface area (Å²) in [6.45, 7) is 2.10. The van der Waals surface area contributed by atoms with Crippen LogP contribution >= 0.6 is 0 Å². The molecule has 8 nitrogen and oxygen atoms in total. The first-order chi connectivity index (χ1) is 11.1. The van der Waals surface area contributed by atoms with Crippen LogP contribution < -0.4 is 11.1 Å². The number of carbonyl (C=O) groups is 2. The summed E-state index contributed by atoms with van der Waals surface area (Å²) < 4.78 is 6.46. The summed E-state index contributed by atoms with van der Waals surface area (Å²) in [5.41, 5.74) is 6.71. The van der Waals surface area contributed by atoms with Gasteiger partial charge in [-0.3, -0.25) is 9.20 Å². The molecule has 0 radical (unpaired) electrons. The first kappa shape index (κ1) is 16.2. The van der Waals surface area contributed by atoms with Crippen molar-refractivity contribution in [1.82, 2.24) is 14.7 Å². The minimum atomic E-state index is -0.505. The van der Waals surface area contributed by atoms with E-state index in [0.717, 1.165) is 6.21 Å². The molecule has 23 heavy (non-hydrogen) atoms. The molecule has 2 heterocycles. The van der Waals surface area contributed by atoms with Gasteiger partial charge in [-0.25, -0.2) is 9.78 Å². The molecule has 0 spiro atoms. The third-order valence-electron chi connectivity index (χ3n) is 3.12. The highest BCUT2D eigenvalue weighted by Gasteiger charge is 2.17. The van der Waals surface area contributed by atoms with Gasteiger partial charge in [0.15, 0.2) is 5.69 Å². The minimum absolute atomic E-state index is 0.130. The molecule has 0 aliphatic rings. The number of hydrogen-bond donors (Lipinski definition) is 3. The van der Waals surface area contributed by atoms with E-state index in [4.69, 9.17) is 15.9 Å². The standard InChI is InChI=1S/C15H17N5O3/c1-2-23-15(22)12-9-18-13-11(4-3-5-20(12)13)14(21)19-8-10(6-16)7-17/h3-7,9,16H,2,8,17H2,1H3,(H,19,21)/b10-7+,16-6?. The molecule has 8 heteroatoms. The van der Waals surface area contributed by atoms with Gasteiger partial charge in [-0.15, -0.1) is 0 Å². The van der Waals surface area contributed by atoms with Crippen molar-refractivity contribution >= 4 is 23.7 Å². The van der Waals surface area contributed by atoms with Gasteiger partial charge < -0.3 is 21.2 Å². The van der Waals surface area contributed by atoms with Crippen molar-refractivity contribution in [3.63, 3.8) is 0 Å². The number of imidazole rings is 1. The Morgan fingerprint density at radius 1 is 1.52 bits per heavy atom. The lowest BCUT2D eigenvalue weighted by atomic mass is 10.2. The molecule has 0 aliphatic heterocycles. The van der Waals surface area contributed by atoms with Crippen LogP contribution in [0.2, 0.25) is 0 Å². The highest BCUT2D eigenvalue weighted by atomic mass is 16.5. The molecule has 0 aromatic carbocycles. The molecule has 0 saturated heterocycles. The zero-order valence-electron chi connectivity index (χ0n) is 12.6. The first-order valence-electron chi connectivity index (χ1n) is 6.95. The van der Waals surface area contributed by atoms with Gasteiger partial charge in [0.05, 0.1) is 18.4 Å². The van der Waals surface area contributed by atoms with Crippen molar-refractivity contribution in [3.05, 3.63) is 47.6 Å². The topological polar surface area (TPSA) is 123 Å². The second kappa shape index (κ2) is 7.21. The van der Waals surface area contributed by atoms with Crippen LogP contribution in [0, 0.1) is 5.41 Å². The summed E-state index contributed by atoms with van der Waals surface area (Å²) in [6.07, 6.45) is 5.32. The smallest absolute Gasteiger partial charge is 0.356 e. The third-order valence-corrected chi connectivity index (χ3v) is 3.12. The van der Waals surface area contributed by atoms with E-state index in [9.17, 15) is 9.59 Å². The number of rotatable bonds is 6. The number of carbonyl (C=O) groups excluding carboxylic acids is 2. The predicted molar refractivity (Wildman–Crippen MR) is 84.5 cm³/mol. The summed E-state index contributed by atoms with van der Waals surface area (Å²) in [5, 5.41) is 9.79. The second-order valence-electron chi connectivity index (χ2n) is 4.55. The fourth-order valence-electron chi connectivity index (χ4n) is 1.98. The van der Waals surface area contributed by atoms with Crippen molar-refractivity contribution < 1.29 is 14.3 Å². The number of fused-ring (bicyclic) bond motifs is 1. The average molecular weight is 315 g/mol. The molecule has 2 aromatic rings. The quantitative estimate of drug-likeness (QED) is 0.536. The first-order valence-corrected chi connectivity index (χ1v) is 6.95. The number of nitrogens with zero attached hydrogens (tertiary/aromatic N) is 2. The maximum atomic E-state index is 12.3. The lowest BCUT2D eigenvalue weighted by molar-refractivity contribution is 0.0518. The SMILES string of the molecule is CCOC(=O)c1cnc2c(C(=O)NC/C(C=N)=C/N)cccn12. The Labute approximate surface area is 132 Å². The Kier molecular flexibility index (Phi) is 5.08. The van der Waals surface area contributed by atoms with Gasteiger partial charge in [0.25, 0.3) is 5.91 Å². The van der Waals surface area contributed by atoms with Crippen LogP contribution in [-0.2, 0) is 4.74 Å². The fourth-order valence-corrected chi connectivity index (χ4v) is 1.98. The normalized spacial score (nSPS) is 11.3. The number of esters is 1. The molecular weight excluding hydrogens is 298 g/mol. The maximum Gasteiger partial charge on any atom is 0.356 e. The van der Waals surface area contributed by atoms with E-state index in [0.29, 0.717) is 16.8 Å². The zero-order chi connectivity index (χ0) is 16.8. The lowest BCUT2D eigenvalue weighted by Crippen LogP contribution is -2.27. The molecule has 4 N–H and O–H groups in total. The number of pyridine rings is 1. The van der Waals surface area contributed by atoms with Gasteiger partial charge in [-0.2, -0.15) is 0 Å². The summed E-state index contributed by atoms with van der Waals surface area (Å²) in [5.74, 6) is -0.882. The Hall–Kier alpha value is -3.16. The van der Waals surface area contributed by atoms with E-state index < -0.39 is 5.97 Å². The van der Waals surface area contributed by atoms with Gasteiger partial charge in [0.1, 0.15) is 5.65 Å². The van der Waals surface area contributed by atoms with Crippen LogP contribution in [0.15, 0.2) is 36.3 Å². The van der Waals surface area contributed by atoms with Gasteiger partial charge in [0, 0.05) is 30.7 Å². The summed E-state index contributed by atoms with van der Waals surface area (Å²) in [4.78, 5) is 28.3. The van der Waals surface area contributed by atoms with Crippen LogP contribution in [0.5, 0.6) is 0 Å². The molecule has 120 valence electrons. The highest BCUT2D eigenvalue weighted by Crippen LogP contribution is 2.13. The number of hydrogen-bond acceptors (Lipinski definition) is 6. The van der Waals surface area contributed by atoms with Gasteiger partial charge in [-0.1, -0.05) is 0 Å². The van der Waals surface area contributed by atoms with E-state index in [2.05, 4.69) is 10.3 Å². The zero-order valence-corrected chi connectivity index (χ0v) is 12.6. The largest absolute Gasteiger partial charge is 0.461 e. The highest BCUT2D eigenvalue weighted by molar-refractivity contribution is 6.01. The number of amides is 1. The Morgan fingerprint density at radius 2 is 2.30 bits per heavy atom. The molecule has 0 fully saturated rings. The Bertz CT molecular complexity index is 779. The maximum absolute atomic E-state index is 12.3. The van der Waals surface area contributed by atoms with Crippen molar-refractivity contribution in [3.8, 4) is 0 Å². The number of nitrogens with one attached hydrogen (secondary N) is 2. The van der Waals surface area contributed by atoms with E-state index in [1.54, 1.807) is 25.3 Å². The van der Waals surface area contributed by atoms with E-state index in [-0.39, 0.29) is 24.8 Å². The monoisotopic (exact) mass is 315 g/mol. The molecule has 0 bridgehead atoms. The molecule has 0 atom stereocenters. The Balaban J connectivity index is 2.30. The van der Waals surface area contributed by atoms with Crippen molar-refractivity contribution in [2.24, 2.45) is 5.73 Å². The van der Waals surface area contributed by atoms with Crippen LogP contribution in [0.25, 0.3) is 5.65 Å².